The van der Waals surface area contributed by atoms with Gasteiger partial charge in [-0.05, 0) is 71.1 Å². The van der Waals surface area contributed by atoms with Gasteiger partial charge in [-0.25, -0.2) is 0 Å². The maximum absolute atomic E-state index is 3.88. The van der Waals surface area contributed by atoms with E-state index in [0.29, 0.717) is 5.92 Å². The topological polar surface area (TPSA) is 12.0 Å². The fourth-order valence-corrected chi connectivity index (χ4v) is 4.80. The molecule has 28 heavy (non-hydrogen) atoms. The molecule has 0 spiro atoms. The molecule has 1 N–H and O–H groups in total. The monoisotopic (exact) mass is 361 g/mol. The number of fused-ring (bicyclic) bond motifs is 3. The van der Waals surface area contributed by atoms with Gasteiger partial charge >= 0.3 is 0 Å². The Balaban J connectivity index is 1.65. The Hall–Kier alpha value is -3.00. The van der Waals surface area contributed by atoms with Crippen LogP contribution in [0.2, 0.25) is 0 Å². The summed E-state index contributed by atoms with van der Waals surface area (Å²) in [5.74, 6) is 0.365. The second-order valence-electron chi connectivity index (χ2n) is 8.04. The first-order valence-corrected chi connectivity index (χ1v) is 10.1. The molecule has 0 atom stereocenters. The average molecular weight is 361 g/mol. The van der Waals surface area contributed by atoms with Crippen LogP contribution >= 0.6 is 0 Å². The molecule has 3 aromatic carbocycles. The van der Waals surface area contributed by atoms with Gasteiger partial charge in [0.15, 0.2) is 0 Å². The van der Waals surface area contributed by atoms with Crippen molar-refractivity contribution in [1.82, 2.24) is 0 Å². The quantitative estimate of drug-likeness (QED) is 0.600. The lowest BCUT2D eigenvalue weighted by molar-refractivity contribution is 1.11. The normalized spacial score (nSPS) is 14.9. The number of benzene rings is 3. The number of aryl methyl sites for hydroxylation is 2. The van der Waals surface area contributed by atoms with Crippen LogP contribution < -0.4 is 10.7 Å². The molecule has 136 valence electrons. The molecule has 0 radical (unpaired) electrons. The van der Waals surface area contributed by atoms with Gasteiger partial charge in [0.05, 0.1) is 0 Å². The minimum atomic E-state index is 0.268. The van der Waals surface area contributed by atoms with Crippen LogP contribution in [0.4, 0.5) is 5.69 Å². The van der Waals surface area contributed by atoms with Crippen molar-refractivity contribution in [3.8, 4) is 11.1 Å². The molecule has 0 bridgehead atoms. The number of hydrogen-bond acceptors (Lipinski definition) is 1. The molecule has 2 heteroatoms. The Labute approximate surface area is 167 Å². The highest BCUT2D eigenvalue weighted by molar-refractivity contribution is 6.78. The first-order valence-electron chi connectivity index (χ1n) is 10.1. The highest BCUT2D eigenvalue weighted by atomic mass is 14.8. The minimum Gasteiger partial charge on any atom is -0.424 e. The molecule has 1 aliphatic heterocycles. The number of anilines is 1. The molecule has 1 nitrogen and oxygen atoms in total. The van der Waals surface area contributed by atoms with Crippen LogP contribution in [-0.4, -0.2) is 6.85 Å². The van der Waals surface area contributed by atoms with Gasteiger partial charge in [-0.3, -0.25) is 0 Å². The van der Waals surface area contributed by atoms with Gasteiger partial charge in [0, 0.05) is 11.6 Å². The number of rotatable bonds is 3. The van der Waals surface area contributed by atoms with E-state index in [2.05, 4.69) is 104 Å². The maximum atomic E-state index is 3.88. The first-order chi connectivity index (χ1) is 13.7. The van der Waals surface area contributed by atoms with Crippen LogP contribution in [0.1, 0.15) is 28.2 Å². The lowest BCUT2D eigenvalue weighted by Crippen LogP contribution is -2.46. The van der Waals surface area contributed by atoms with E-state index in [-0.39, 0.29) is 6.85 Å². The summed E-state index contributed by atoms with van der Waals surface area (Å²) in [6.45, 7) is 4.61. The third-order valence-corrected chi connectivity index (χ3v) is 5.89. The second-order valence-corrected chi connectivity index (χ2v) is 8.04. The molecule has 1 aliphatic carbocycles. The zero-order valence-corrected chi connectivity index (χ0v) is 16.4. The summed E-state index contributed by atoms with van der Waals surface area (Å²) in [7, 11) is 0. The van der Waals surface area contributed by atoms with E-state index < -0.39 is 0 Å². The summed E-state index contributed by atoms with van der Waals surface area (Å²) in [6.07, 6.45) is 9.92. The molecule has 1 heterocycles. The molecule has 2 aliphatic rings. The van der Waals surface area contributed by atoms with Crippen molar-refractivity contribution in [3.05, 3.63) is 107 Å². The zero-order valence-electron chi connectivity index (χ0n) is 16.4. The molecule has 3 aromatic rings. The molecule has 0 saturated carbocycles. The minimum absolute atomic E-state index is 0.268. The molecule has 0 fully saturated rings. The van der Waals surface area contributed by atoms with Crippen LogP contribution in [0, 0.1) is 13.8 Å². The van der Waals surface area contributed by atoms with Crippen LogP contribution in [0.25, 0.3) is 11.1 Å². The standard InChI is InChI=1S/C26H24BN/c1-18-14-19(2)16-22(15-18)28-27-17-21-10-5-6-11-23(21)25-13-7-12-24(26(25)27)20-8-3-4-9-20/h3-16,20,28H,17H2,1-2H3. The predicted octanol–water partition coefficient (Wildman–Crippen LogP) is 5.59. The van der Waals surface area contributed by atoms with Crippen LogP contribution in [0.5, 0.6) is 0 Å². The second kappa shape index (κ2) is 6.87. The fraction of sp³-hybridized carbons (Fsp3) is 0.154. The Morgan fingerprint density at radius 3 is 2.32 bits per heavy atom. The van der Waals surface area contributed by atoms with E-state index in [9.17, 15) is 0 Å². The van der Waals surface area contributed by atoms with Gasteiger partial charge in [0.1, 0.15) is 0 Å². The predicted molar refractivity (Wildman–Crippen MR) is 122 cm³/mol. The van der Waals surface area contributed by atoms with E-state index in [1.165, 1.54) is 44.5 Å². The SMILES string of the molecule is Cc1cc(C)cc(NB2Cc3ccccc3-c3cccc(C4C=CC=C4)c32)c1. The van der Waals surface area contributed by atoms with Crippen molar-refractivity contribution in [2.75, 3.05) is 5.23 Å². The molecule has 0 saturated heterocycles. The van der Waals surface area contributed by atoms with Gasteiger partial charge in [-0.1, -0.05) is 72.8 Å². The van der Waals surface area contributed by atoms with Crippen molar-refractivity contribution < 1.29 is 0 Å². The molecule has 0 amide bonds. The van der Waals surface area contributed by atoms with Gasteiger partial charge < -0.3 is 5.23 Å². The molecule has 0 aromatic heterocycles. The molecular weight excluding hydrogens is 337 g/mol. The highest BCUT2D eigenvalue weighted by Gasteiger charge is 2.31. The molecule has 0 unspecified atom stereocenters. The third kappa shape index (κ3) is 2.99. The van der Waals surface area contributed by atoms with Crippen LogP contribution in [-0.2, 0) is 6.32 Å². The van der Waals surface area contributed by atoms with Crippen molar-refractivity contribution in [3.63, 3.8) is 0 Å². The number of nitrogens with one attached hydrogen (secondary N) is 1. The van der Waals surface area contributed by atoms with E-state index in [1.807, 2.05) is 0 Å². The summed E-state index contributed by atoms with van der Waals surface area (Å²) in [5, 5.41) is 3.88. The Morgan fingerprint density at radius 1 is 0.821 bits per heavy atom. The van der Waals surface area contributed by atoms with Crippen LogP contribution in [0.3, 0.4) is 0 Å². The number of allylic oxidation sites excluding steroid dienone is 4. The smallest absolute Gasteiger partial charge is 0.291 e. The van der Waals surface area contributed by atoms with E-state index in [4.69, 9.17) is 0 Å². The average Bonchev–Trinajstić information content (AvgIpc) is 3.21. The van der Waals surface area contributed by atoms with Crippen molar-refractivity contribution in [2.45, 2.75) is 26.1 Å². The van der Waals surface area contributed by atoms with Crippen molar-refractivity contribution >= 4 is 18.0 Å². The van der Waals surface area contributed by atoms with Gasteiger partial charge in [0.25, 0.3) is 6.85 Å². The van der Waals surface area contributed by atoms with Gasteiger partial charge in [-0.15, -0.1) is 0 Å². The van der Waals surface area contributed by atoms with E-state index in [1.54, 1.807) is 0 Å². The van der Waals surface area contributed by atoms with Gasteiger partial charge in [0.2, 0.25) is 0 Å². The maximum Gasteiger partial charge on any atom is 0.291 e. The number of hydrogen-bond donors (Lipinski definition) is 1. The first kappa shape index (κ1) is 17.1. The highest BCUT2D eigenvalue weighted by Crippen LogP contribution is 2.33. The summed E-state index contributed by atoms with van der Waals surface area (Å²) in [4.78, 5) is 0. The fourth-order valence-electron chi connectivity index (χ4n) is 4.80. The summed E-state index contributed by atoms with van der Waals surface area (Å²) >= 11 is 0. The molecule has 5 rings (SSSR count). The third-order valence-electron chi connectivity index (χ3n) is 5.89. The summed E-state index contributed by atoms with van der Waals surface area (Å²) in [6, 6.07) is 22.4. The van der Waals surface area contributed by atoms with E-state index >= 15 is 0 Å². The lowest BCUT2D eigenvalue weighted by atomic mass is 9.45. The van der Waals surface area contributed by atoms with Crippen molar-refractivity contribution in [1.29, 1.82) is 0 Å². The Kier molecular flexibility index (Phi) is 4.20. The largest absolute Gasteiger partial charge is 0.424 e. The van der Waals surface area contributed by atoms with E-state index in [0.717, 1.165) is 6.32 Å². The van der Waals surface area contributed by atoms with Crippen LogP contribution in [0.15, 0.2) is 85.0 Å². The summed E-state index contributed by atoms with van der Waals surface area (Å²) < 4.78 is 0. The zero-order chi connectivity index (χ0) is 19.1. The molecular formula is C26H24BN. The van der Waals surface area contributed by atoms with Gasteiger partial charge in [-0.2, -0.15) is 0 Å². The lowest BCUT2D eigenvalue weighted by Gasteiger charge is -2.30. The Bertz CT molecular complexity index is 1080. The Morgan fingerprint density at radius 2 is 1.54 bits per heavy atom. The van der Waals surface area contributed by atoms with Crippen molar-refractivity contribution in [2.24, 2.45) is 0 Å². The summed E-state index contributed by atoms with van der Waals surface area (Å²) in [5.41, 5.74) is 10.8.